The third-order valence-electron chi connectivity index (χ3n) is 5.83. The molecule has 1 aliphatic rings. The Kier molecular flexibility index (Phi) is 8.28. The SMILES string of the molecule is Cc1cc(/C=C(\C#N)C(=O)OCC(=O)N(C(C)C)C(C)C)c(C)n1C1CCCCC1. The molecule has 0 spiro atoms. The lowest BCUT2D eigenvalue weighted by atomic mass is 9.95. The number of ether oxygens (including phenoxy) is 1. The Morgan fingerprint density at radius 2 is 1.80 bits per heavy atom. The molecular formula is C24H35N3O3. The first-order chi connectivity index (χ1) is 14.2. The number of carbonyl (C=O) groups is 2. The molecule has 0 aliphatic heterocycles. The van der Waals surface area contributed by atoms with E-state index >= 15 is 0 Å². The van der Waals surface area contributed by atoms with Crippen LogP contribution in [0, 0.1) is 25.2 Å². The number of aromatic nitrogens is 1. The molecule has 0 saturated heterocycles. The van der Waals surface area contributed by atoms with Crippen LogP contribution >= 0.6 is 0 Å². The Balaban J connectivity index is 2.14. The van der Waals surface area contributed by atoms with Gasteiger partial charge in [-0.05, 0) is 72.1 Å². The molecular weight excluding hydrogens is 378 g/mol. The zero-order valence-corrected chi connectivity index (χ0v) is 19.2. The van der Waals surface area contributed by atoms with Gasteiger partial charge in [0.2, 0.25) is 0 Å². The van der Waals surface area contributed by atoms with Gasteiger partial charge in [0.05, 0.1) is 0 Å². The summed E-state index contributed by atoms with van der Waals surface area (Å²) >= 11 is 0. The van der Waals surface area contributed by atoms with Crippen LogP contribution in [0.4, 0.5) is 0 Å². The first kappa shape index (κ1) is 23.7. The van der Waals surface area contributed by atoms with Gasteiger partial charge in [-0.15, -0.1) is 0 Å². The van der Waals surface area contributed by atoms with Crippen LogP contribution in [0.25, 0.3) is 6.08 Å². The number of aryl methyl sites for hydroxylation is 1. The highest BCUT2D eigenvalue weighted by molar-refractivity contribution is 5.99. The van der Waals surface area contributed by atoms with Crippen molar-refractivity contribution < 1.29 is 14.3 Å². The summed E-state index contributed by atoms with van der Waals surface area (Å²) < 4.78 is 7.51. The van der Waals surface area contributed by atoms with Crippen molar-refractivity contribution in [3.8, 4) is 6.07 Å². The lowest BCUT2D eigenvalue weighted by Gasteiger charge is -2.30. The number of nitriles is 1. The van der Waals surface area contributed by atoms with Gasteiger partial charge in [-0.2, -0.15) is 5.26 Å². The predicted octanol–water partition coefficient (Wildman–Crippen LogP) is 4.71. The van der Waals surface area contributed by atoms with Gasteiger partial charge < -0.3 is 14.2 Å². The van der Waals surface area contributed by atoms with Crippen molar-refractivity contribution in [3.05, 3.63) is 28.6 Å². The molecule has 0 N–H and O–H groups in total. The molecule has 1 saturated carbocycles. The first-order valence-corrected chi connectivity index (χ1v) is 11.0. The van der Waals surface area contributed by atoms with Crippen LogP contribution in [0.5, 0.6) is 0 Å². The fourth-order valence-electron chi connectivity index (χ4n) is 4.59. The van der Waals surface area contributed by atoms with Crippen molar-refractivity contribution in [3.63, 3.8) is 0 Å². The van der Waals surface area contributed by atoms with Crippen molar-refractivity contribution in [2.45, 2.75) is 91.8 Å². The smallest absolute Gasteiger partial charge is 0.349 e. The highest BCUT2D eigenvalue weighted by atomic mass is 16.5. The fraction of sp³-hybridized carbons (Fsp3) is 0.625. The average Bonchev–Trinajstić information content (AvgIpc) is 2.97. The average molecular weight is 414 g/mol. The molecule has 2 rings (SSSR count). The van der Waals surface area contributed by atoms with Crippen LogP contribution in [-0.4, -0.2) is 40.0 Å². The van der Waals surface area contributed by atoms with Crippen LogP contribution in [0.1, 0.15) is 82.8 Å². The summed E-state index contributed by atoms with van der Waals surface area (Å²) in [4.78, 5) is 26.5. The summed E-state index contributed by atoms with van der Waals surface area (Å²) in [5.74, 6) is -1.03. The molecule has 6 heteroatoms. The van der Waals surface area contributed by atoms with Crippen LogP contribution in [0.2, 0.25) is 0 Å². The first-order valence-electron chi connectivity index (χ1n) is 11.0. The molecule has 1 aromatic rings. The molecule has 6 nitrogen and oxygen atoms in total. The molecule has 0 aromatic carbocycles. The van der Waals surface area contributed by atoms with Crippen molar-refractivity contribution in [1.29, 1.82) is 5.26 Å². The summed E-state index contributed by atoms with van der Waals surface area (Å²) in [5.41, 5.74) is 2.95. The standard InChI is InChI=1S/C24H35N3O3/c1-16(2)26(17(3)4)23(28)15-30-24(29)21(14-25)13-20-12-18(5)27(19(20)6)22-10-8-7-9-11-22/h12-13,16-17,22H,7-11,15H2,1-6H3/b21-13+. The summed E-state index contributed by atoms with van der Waals surface area (Å²) in [6.45, 7) is 11.4. The summed E-state index contributed by atoms with van der Waals surface area (Å²) in [5, 5.41) is 9.50. The van der Waals surface area contributed by atoms with E-state index in [0.29, 0.717) is 6.04 Å². The molecule has 30 heavy (non-hydrogen) atoms. The largest absolute Gasteiger partial charge is 0.451 e. The normalized spacial score (nSPS) is 15.4. The van der Waals surface area contributed by atoms with E-state index in [2.05, 4.69) is 11.5 Å². The van der Waals surface area contributed by atoms with Gasteiger partial charge in [0.25, 0.3) is 5.91 Å². The van der Waals surface area contributed by atoms with Gasteiger partial charge in [0, 0.05) is 29.5 Å². The quantitative estimate of drug-likeness (QED) is 0.369. The molecule has 0 bridgehead atoms. The fourth-order valence-corrected chi connectivity index (χ4v) is 4.59. The Hall–Kier alpha value is -2.55. The van der Waals surface area contributed by atoms with Crippen LogP contribution in [-0.2, 0) is 14.3 Å². The maximum absolute atomic E-state index is 12.5. The molecule has 0 unspecified atom stereocenters. The van der Waals surface area contributed by atoms with E-state index < -0.39 is 5.97 Å². The third kappa shape index (κ3) is 5.53. The summed E-state index contributed by atoms with van der Waals surface area (Å²) in [6.07, 6.45) is 7.67. The van der Waals surface area contributed by atoms with Gasteiger partial charge in [0.1, 0.15) is 11.6 Å². The molecule has 1 amide bonds. The van der Waals surface area contributed by atoms with Gasteiger partial charge in [-0.3, -0.25) is 4.79 Å². The Morgan fingerprint density at radius 1 is 1.20 bits per heavy atom. The van der Waals surface area contributed by atoms with E-state index in [1.54, 1.807) is 11.0 Å². The molecule has 1 aliphatic carbocycles. The maximum atomic E-state index is 12.5. The second-order valence-corrected chi connectivity index (χ2v) is 8.72. The van der Waals surface area contributed by atoms with Crippen molar-refractivity contribution in [1.82, 2.24) is 9.47 Å². The van der Waals surface area contributed by atoms with E-state index in [4.69, 9.17) is 4.74 Å². The number of esters is 1. The molecule has 0 radical (unpaired) electrons. The lowest BCUT2D eigenvalue weighted by molar-refractivity contribution is -0.150. The highest BCUT2D eigenvalue weighted by Gasteiger charge is 2.23. The molecule has 1 aromatic heterocycles. The van der Waals surface area contributed by atoms with Crippen LogP contribution in [0.3, 0.4) is 0 Å². The minimum Gasteiger partial charge on any atom is -0.451 e. The lowest BCUT2D eigenvalue weighted by Crippen LogP contribution is -2.44. The minimum absolute atomic E-state index is 0.00681. The van der Waals surface area contributed by atoms with E-state index in [9.17, 15) is 14.9 Å². The second-order valence-electron chi connectivity index (χ2n) is 8.72. The minimum atomic E-state index is -0.763. The zero-order chi connectivity index (χ0) is 22.4. The van der Waals surface area contributed by atoms with Gasteiger partial charge in [-0.25, -0.2) is 4.79 Å². The number of carbonyl (C=O) groups excluding carboxylic acids is 2. The Labute approximate surface area is 180 Å². The van der Waals surface area contributed by atoms with Crippen LogP contribution in [0.15, 0.2) is 11.6 Å². The summed E-state index contributed by atoms with van der Waals surface area (Å²) in [6, 6.07) is 4.44. The van der Waals surface area contributed by atoms with Crippen molar-refractivity contribution in [2.24, 2.45) is 0 Å². The number of nitrogens with zero attached hydrogens (tertiary/aromatic N) is 3. The Bertz CT molecular complexity index is 829. The molecule has 1 fully saturated rings. The van der Waals surface area contributed by atoms with Gasteiger partial charge in [0.15, 0.2) is 6.61 Å². The predicted molar refractivity (Wildman–Crippen MR) is 118 cm³/mol. The summed E-state index contributed by atoms with van der Waals surface area (Å²) in [7, 11) is 0. The number of hydrogen-bond acceptors (Lipinski definition) is 4. The Morgan fingerprint density at radius 3 is 2.33 bits per heavy atom. The number of amides is 1. The van der Waals surface area contributed by atoms with E-state index in [0.717, 1.165) is 29.8 Å². The van der Waals surface area contributed by atoms with E-state index in [-0.39, 0.29) is 30.2 Å². The van der Waals surface area contributed by atoms with E-state index in [1.165, 1.54) is 19.3 Å². The highest BCUT2D eigenvalue weighted by Crippen LogP contribution is 2.32. The number of hydrogen-bond donors (Lipinski definition) is 0. The molecule has 164 valence electrons. The van der Waals surface area contributed by atoms with Gasteiger partial charge >= 0.3 is 5.97 Å². The van der Waals surface area contributed by atoms with E-state index in [1.807, 2.05) is 46.8 Å². The van der Waals surface area contributed by atoms with Crippen molar-refractivity contribution in [2.75, 3.05) is 6.61 Å². The second kappa shape index (κ2) is 10.5. The topological polar surface area (TPSA) is 75.3 Å². The number of rotatable bonds is 7. The molecule has 1 heterocycles. The van der Waals surface area contributed by atoms with Gasteiger partial charge in [-0.1, -0.05) is 19.3 Å². The third-order valence-corrected chi connectivity index (χ3v) is 5.83. The maximum Gasteiger partial charge on any atom is 0.349 e. The molecule has 0 atom stereocenters. The monoisotopic (exact) mass is 413 g/mol. The zero-order valence-electron chi connectivity index (χ0n) is 19.2. The van der Waals surface area contributed by atoms with Crippen LogP contribution < -0.4 is 0 Å². The van der Waals surface area contributed by atoms with Crippen molar-refractivity contribution >= 4 is 18.0 Å².